The molecule has 1 heterocycles. The van der Waals surface area contributed by atoms with Crippen molar-refractivity contribution in [3.8, 4) is 0 Å². The number of imide groups is 1. The van der Waals surface area contributed by atoms with Crippen LogP contribution in [0, 0.1) is 5.82 Å². The lowest BCUT2D eigenvalue weighted by molar-refractivity contribution is -0.666. The maximum absolute atomic E-state index is 12.8. The van der Waals surface area contributed by atoms with Gasteiger partial charge < -0.3 is 5.32 Å². The molecule has 1 aliphatic heterocycles. The van der Waals surface area contributed by atoms with Gasteiger partial charge in [0, 0.05) is 0 Å². The second kappa shape index (κ2) is 5.10. The zero-order chi connectivity index (χ0) is 13.1. The van der Waals surface area contributed by atoms with Gasteiger partial charge in [0.2, 0.25) is 5.91 Å². The molecule has 1 fully saturated rings. The van der Waals surface area contributed by atoms with Crippen LogP contribution in [-0.2, 0) is 9.59 Å². The Hall–Kier alpha value is -2.01. The monoisotopic (exact) mass is 249 g/mol. The van der Waals surface area contributed by atoms with Crippen LogP contribution in [-0.4, -0.2) is 24.4 Å². The van der Waals surface area contributed by atoms with E-state index in [4.69, 9.17) is 0 Å². The zero-order valence-electron chi connectivity index (χ0n) is 9.80. The van der Waals surface area contributed by atoms with E-state index in [0.29, 0.717) is 12.2 Å². The van der Waals surface area contributed by atoms with E-state index in [1.165, 1.54) is 24.3 Å². The minimum atomic E-state index is -0.402. The summed E-state index contributed by atoms with van der Waals surface area (Å²) in [7, 11) is 0. The Labute approximate surface area is 104 Å². The summed E-state index contributed by atoms with van der Waals surface area (Å²) in [4.78, 5) is 25.0. The summed E-state index contributed by atoms with van der Waals surface area (Å²) in [5.41, 5.74) is 0.418. The molecule has 1 aromatic carbocycles. The largest absolute Gasteiger partial charge is 0.332 e. The van der Waals surface area contributed by atoms with Crippen molar-refractivity contribution in [1.82, 2.24) is 0 Å². The van der Waals surface area contributed by atoms with Gasteiger partial charge >= 0.3 is 0 Å². The Bertz CT molecular complexity index is 484. The summed E-state index contributed by atoms with van der Waals surface area (Å²) >= 11 is 0. The van der Waals surface area contributed by atoms with Crippen LogP contribution < -0.4 is 10.2 Å². The normalized spacial score (nSPS) is 19.4. The van der Waals surface area contributed by atoms with Crippen LogP contribution in [0.2, 0.25) is 0 Å². The number of anilines is 1. The van der Waals surface area contributed by atoms with E-state index in [9.17, 15) is 14.0 Å². The number of carbonyl (C=O) groups excluding carboxylic acids is 2. The zero-order valence-corrected chi connectivity index (χ0v) is 9.80. The number of nitrogens with two attached hydrogens (primary N) is 1. The number of quaternary nitrogens is 1. The molecule has 1 atom stereocenters. The number of hydrogen-bond donors (Lipinski definition) is 1. The highest BCUT2D eigenvalue weighted by atomic mass is 19.1. The lowest BCUT2D eigenvalue weighted by Crippen LogP contribution is -2.91. The summed E-state index contributed by atoms with van der Waals surface area (Å²) in [5, 5.41) is 1.77. The van der Waals surface area contributed by atoms with Gasteiger partial charge in [-0.3, -0.25) is 9.59 Å². The van der Waals surface area contributed by atoms with Gasteiger partial charge in [-0.05, 0) is 30.3 Å². The summed E-state index contributed by atoms with van der Waals surface area (Å²) in [6.07, 6.45) is 1.85. The Kier molecular flexibility index (Phi) is 3.53. The van der Waals surface area contributed by atoms with Gasteiger partial charge in [0.1, 0.15) is 5.82 Å². The number of nitrogens with zero attached hydrogens (tertiary/aromatic N) is 1. The molecule has 18 heavy (non-hydrogen) atoms. The molecule has 0 aromatic heterocycles. The first-order valence-corrected chi connectivity index (χ1v) is 5.70. The number of halogens is 1. The second-order valence-electron chi connectivity index (χ2n) is 4.11. The summed E-state index contributed by atoms with van der Waals surface area (Å²) in [6.45, 7) is 4.15. The smallest absolute Gasteiger partial charge is 0.292 e. The highest BCUT2D eigenvalue weighted by molar-refractivity contribution is 6.21. The van der Waals surface area contributed by atoms with Crippen molar-refractivity contribution in [2.24, 2.45) is 0 Å². The highest BCUT2D eigenvalue weighted by Gasteiger charge is 2.41. The van der Waals surface area contributed by atoms with Crippen molar-refractivity contribution in [2.45, 2.75) is 12.5 Å². The topological polar surface area (TPSA) is 54.0 Å². The third kappa shape index (κ3) is 2.31. The fourth-order valence-corrected chi connectivity index (χ4v) is 1.96. The molecule has 0 bridgehead atoms. The molecule has 0 unspecified atom stereocenters. The standard InChI is InChI=1S/C13H13FN2O2/c1-2-7-15-11-8-12(17)16(13(11)18)10-5-3-9(14)4-6-10/h2-6,11,15H,1,7-8H2/p+1/t11-/m1/s1. The first-order valence-electron chi connectivity index (χ1n) is 5.70. The number of amides is 2. The molecule has 0 saturated carbocycles. The molecule has 1 aliphatic rings. The summed E-state index contributed by atoms with van der Waals surface area (Å²) in [6, 6.07) is 4.93. The summed E-state index contributed by atoms with van der Waals surface area (Å²) < 4.78 is 12.8. The first kappa shape index (κ1) is 12.4. The number of benzene rings is 1. The minimum absolute atomic E-state index is 0.171. The molecule has 1 aromatic rings. The SMILES string of the molecule is C=CC[NH2+][C@@H]1CC(=O)N(c2ccc(F)cc2)C1=O. The second-order valence-corrected chi connectivity index (χ2v) is 4.11. The molecule has 0 aliphatic carbocycles. The van der Waals surface area contributed by atoms with Crippen molar-refractivity contribution in [3.63, 3.8) is 0 Å². The van der Waals surface area contributed by atoms with E-state index in [-0.39, 0.29) is 18.2 Å². The van der Waals surface area contributed by atoms with Crippen LogP contribution in [0.15, 0.2) is 36.9 Å². The predicted octanol–water partition coefficient (Wildman–Crippen LogP) is 0.207. The number of carbonyl (C=O) groups is 2. The Morgan fingerprint density at radius 1 is 1.39 bits per heavy atom. The van der Waals surface area contributed by atoms with E-state index < -0.39 is 11.9 Å². The molecule has 2 N–H and O–H groups in total. The van der Waals surface area contributed by atoms with Crippen LogP contribution in [0.1, 0.15) is 6.42 Å². The molecule has 4 nitrogen and oxygen atoms in total. The molecule has 5 heteroatoms. The van der Waals surface area contributed by atoms with Gasteiger partial charge in [-0.1, -0.05) is 6.58 Å². The van der Waals surface area contributed by atoms with Crippen LogP contribution in [0.25, 0.3) is 0 Å². The maximum atomic E-state index is 12.8. The van der Waals surface area contributed by atoms with E-state index in [0.717, 1.165) is 4.90 Å². The quantitative estimate of drug-likeness (QED) is 0.612. The fourth-order valence-electron chi connectivity index (χ4n) is 1.96. The molecule has 94 valence electrons. The predicted molar refractivity (Wildman–Crippen MR) is 64.3 cm³/mol. The van der Waals surface area contributed by atoms with Crippen LogP contribution >= 0.6 is 0 Å². The van der Waals surface area contributed by atoms with Crippen LogP contribution in [0.4, 0.5) is 10.1 Å². The molecular formula is C13H14FN2O2+. The van der Waals surface area contributed by atoms with Crippen molar-refractivity contribution in [1.29, 1.82) is 0 Å². The van der Waals surface area contributed by atoms with Gasteiger partial charge in [0.15, 0.2) is 6.04 Å². The molecule has 2 amide bonds. The van der Waals surface area contributed by atoms with E-state index in [2.05, 4.69) is 6.58 Å². The molecule has 2 rings (SSSR count). The van der Waals surface area contributed by atoms with Gasteiger partial charge in [-0.15, -0.1) is 0 Å². The Balaban J connectivity index is 2.18. The van der Waals surface area contributed by atoms with Gasteiger partial charge in [0.25, 0.3) is 5.91 Å². The first-order chi connectivity index (χ1) is 8.63. The molecule has 0 spiro atoms. The van der Waals surface area contributed by atoms with Crippen LogP contribution in [0.5, 0.6) is 0 Å². The number of rotatable bonds is 4. The Morgan fingerprint density at radius 2 is 2.06 bits per heavy atom. The average molecular weight is 249 g/mol. The third-order valence-electron chi connectivity index (χ3n) is 2.85. The fraction of sp³-hybridized carbons (Fsp3) is 0.231. The van der Waals surface area contributed by atoms with Crippen molar-refractivity contribution >= 4 is 17.5 Å². The third-order valence-corrected chi connectivity index (χ3v) is 2.85. The highest BCUT2D eigenvalue weighted by Crippen LogP contribution is 2.21. The number of hydrogen-bond acceptors (Lipinski definition) is 2. The minimum Gasteiger partial charge on any atom is -0.332 e. The van der Waals surface area contributed by atoms with Crippen LogP contribution in [0.3, 0.4) is 0 Å². The van der Waals surface area contributed by atoms with E-state index in [1.807, 2.05) is 0 Å². The molecule has 1 saturated heterocycles. The Morgan fingerprint density at radius 3 is 2.67 bits per heavy atom. The lowest BCUT2D eigenvalue weighted by atomic mass is 10.2. The van der Waals surface area contributed by atoms with Gasteiger partial charge in [0.05, 0.1) is 18.7 Å². The van der Waals surface area contributed by atoms with Crippen molar-refractivity contribution in [2.75, 3.05) is 11.4 Å². The van der Waals surface area contributed by atoms with E-state index in [1.54, 1.807) is 11.4 Å². The van der Waals surface area contributed by atoms with Gasteiger partial charge in [-0.2, -0.15) is 0 Å². The molecule has 0 radical (unpaired) electrons. The van der Waals surface area contributed by atoms with E-state index >= 15 is 0 Å². The van der Waals surface area contributed by atoms with Crippen molar-refractivity contribution in [3.05, 3.63) is 42.7 Å². The molecular weight excluding hydrogens is 235 g/mol. The lowest BCUT2D eigenvalue weighted by Gasteiger charge is -2.13. The summed E-state index contributed by atoms with van der Waals surface area (Å²) in [5.74, 6) is -0.905. The van der Waals surface area contributed by atoms with Crippen molar-refractivity contribution < 1.29 is 19.3 Å². The average Bonchev–Trinajstić information content (AvgIpc) is 2.63. The van der Waals surface area contributed by atoms with Gasteiger partial charge in [-0.25, -0.2) is 9.29 Å². The maximum Gasteiger partial charge on any atom is 0.292 e.